The Morgan fingerprint density at radius 2 is 1.94 bits per heavy atom. The zero-order valence-electron chi connectivity index (χ0n) is 18.7. The molecule has 2 amide bonds. The van der Waals surface area contributed by atoms with Gasteiger partial charge in [-0.3, -0.25) is 9.59 Å². The number of esters is 1. The highest BCUT2D eigenvalue weighted by Crippen LogP contribution is 2.19. The van der Waals surface area contributed by atoms with E-state index in [1.807, 2.05) is 6.92 Å². The molecule has 1 heterocycles. The van der Waals surface area contributed by atoms with Gasteiger partial charge < -0.3 is 15.0 Å². The number of carbonyl (C=O) groups is 3. The molecule has 0 bridgehead atoms. The maximum atomic E-state index is 13.9. The normalized spacial score (nSPS) is 18.2. The maximum Gasteiger partial charge on any atom is 0.329 e. The first kappa shape index (κ1) is 25.8. The molecule has 1 fully saturated rings. The lowest BCUT2D eigenvalue weighted by Crippen LogP contribution is -2.48. The molecule has 0 radical (unpaired) electrons. The predicted molar refractivity (Wildman–Crippen MR) is 117 cm³/mol. The van der Waals surface area contributed by atoms with Gasteiger partial charge in [-0.05, 0) is 30.9 Å². The number of halogens is 1. The molecule has 1 aliphatic rings. The molecule has 178 valence electrons. The number of nitrogens with one attached hydrogen (secondary N) is 1. The van der Waals surface area contributed by atoms with Crippen LogP contribution in [0.4, 0.5) is 4.39 Å². The number of nitrogens with zero attached hydrogens (tertiary/aromatic N) is 1. The number of hydrogen-bond acceptors (Lipinski definition) is 6. The van der Waals surface area contributed by atoms with Crippen molar-refractivity contribution in [3.05, 3.63) is 35.6 Å². The van der Waals surface area contributed by atoms with Crippen molar-refractivity contribution >= 4 is 27.6 Å². The number of amides is 2. The van der Waals surface area contributed by atoms with Gasteiger partial charge in [0.05, 0.1) is 17.1 Å². The highest BCUT2D eigenvalue weighted by atomic mass is 32.2. The third-order valence-electron chi connectivity index (χ3n) is 5.39. The van der Waals surface area contributed by atoms with Crippen LogP contribution in [0.15, 0.2) is 24.3 Å². The first-order valence-corrected chi connectivity index (χ1v) is 12.6. The lowest BCUT2D eigenvalue weighted by molar-refractivity contribution is -0.155. The number of unbranched alkanes of at least 4 members (excludes halogenated alkanes) is 1. The SMILES string of the molecule is CCCCN(C(=O)COC(=O)[C@@H](NC(=O)c1ccccc1F)C(C)C)C1CCS(=O)(=O)C1. The summed E-state index contributed by atoms with van der Waals surface area (Å²) in [5.41, 5.74) is -0.199. The molecule has 0 saturated carbocycles. The fourth-order valence-corrected chi connectivity index (χ4v) is 5.26. The van der Waals surface area contributed by atoms with Crippen molar-refractivity contribution in [1.82, 2.24) is 10.2 Å². The van der Waals surface area contributed by atoms with Crippen LogP contribution >= 0.6 is 0 Å². The average Bonchev–Trinajstić information content (AvgIpc) is 3.09. The van der Waals surface area contributed by atoms with Gasteiger partial charge in [-0.25, -0.2) is 17.6 Å². The Balaban J connectivity index is 2.02. The standard InChI is InChI=1S/C22H31FN2O6S/c1-4-5-11-25(16-10-12-32(29,30)14-16)19(26)13-31-22(28)20(15(2)3)24-21(27)17-8-6-7-9-18(17)23/h6-9,15-16,20H,4-5,10-14H2,1-3H3,(H,24,27)/t16?,20-/m0/s1. The molecule has 1 saturated heterocycles. The van der Waals surface area contributed by atoms with Gasteiger partial charge in [0.15, 0.2) is 16.4 Å². The number of hydrogen-bond donors (Lipinski definition) is 1. The molecule has 1 unspecified atom stereocenters. The Bertz CT molecular complexity index is 934. The summed E-state index contributed by atoms with van der Waals surface area (Å²) >= 11 is 0. The first-order valence-electron chi connectivity index (χ1n) is 10.8. The number of sulfone groups is 1. The van der Waals surface area contributed by atoms with Crippen molar-refractivity contribution in [2.24, 2.45) is 5.92 Å². The zero-order chi connectivity index (χ0) is 23.9. The van der Waals surface area contributed by atoms with E-state index in [1.165, 1.54) is 23.1 Å². The van der Waals surface area contributed by atoms with Crippen LogP contribution in [0, 0.1) is 11.7 Å². The van der Waals surface area contributed by atoms with E-state index in [1.54, 1.807) is 13.8 Å². The fourth-order valence-electron chi connectivity index (χ4n) is 3.53. The van der Waals surface area contributed by atoms with Crippen LogP contribution in [0.25, 0.3) is 0 Å². The fraction of sp³-hybridized carbons (Fsp3) is 0.591. The molecule has 32 heavy (non-hydrogen) atoms. The van der Waals surface area contributed by atoms with Gasteiger partial charge in [0.1, 0.15) is 11.9 Å². The highest BCUT2D eigenvalue weighted by molar-refractivity contribution is 7.91. The Kier molecular flexibility index (Phi) is 9.18. The lowest BCUT2D eigenvalue weighted by Gasteiger charge is -2.28. The molecule has 0 aromatic heterocycles. The number of ether oxygens (including phenoxy) is 1. The van der Waals surface area contributed by atoms with Crippen LogP contribution in [0.3, 0.4) is 0 Å². The van der Waals surface area contributed by atoms with Gasteiger partial charge in [-0.1, -0.05) is 39.3 Å². The summed E-state index contributed by atoms with van der Waals surface area (Å²) in [5, 5.41) is 2.47. The molecule has 1 aromatic rings. The quantitative estimate of drug-likeness (QED) is 0.524. The van der Waals surface area contributed by atoms with E-state index >= 15 is 0 Å². The average molecular weight is 471 g/mol. The third kappa shape index (κ3) is 7.01. The van der Waals surface area contributed by atoms with Crippen molar-refractivity contribution in [3.63, 3.8) is 0 Å². The van der Waals surface area contributed by atoms with Crippen molar-refractivity contribution in [2.45, 2.75) is 52.1 Å². The second-order valence-corrected chi connectivity index (χ2v) is 10.5. The molecule has 1 aromatic carbocycles. The molecule has 0 spiro atoms. The summed E-state index contributed by atoms with van der Waals surface area (Å²) in [6.45, 7) is 5.15. The van der Waals surface area contributed by atoms with Gasteiger partial charge in [-0.2, -0.15) is 0 Å². The summed E-state index contributed by atoms with van der Waals surface area (Å²) in [5.74, 6) is -3.19. The largest absolute Gasteiger partial charge is 0.454 e. The lowest BCUT2D eigenvalue weighted by atomic mass is 10.0. The van der Waals surface area contributed by atoms with Crippen LogP contribution in [0.2, 0.25) is 0 Å². The molecule has 1 N–H and O–H groups in total. The van der Waals surface area contributed by atoms with E-state index in [0.29, 0.717) is 19.4 Å². The van der Waals surface area contributed by atoms with Crippen molar-refractivity contribution in [2.75, 3.05) is 24.7 Å². The van der Waals surface area contributed by atoms with Crippen molar-refractivity contribution in [1.29, 1.82) is 0 Å². The molecular weight excluding hydrogens is 439 g/mol. The van der Waals surface area contributed by atoms with Crippen LogP contribution in [0.1, 0.15) is 50.4 Å². The van der Waals surface area contributed by atoms with Crippen molar-refractivity contribution in [3.8, 4) is 0 Å². The Labute approximate surface area is 188 Å². The Morgan fingerprint density at radius 3 is 2.50 bits per heavy atom. The van der Waals surface area contributed by atoms with E-state index in [4.69, 9.17) is 4.74 Å². The van der Waals surface area contributed by atoms with Gasteiger partial charge in [0.2, 0.25) is 0 Å². The van der Waals surface area contributed by atoms with Gasteiger partial charge in [0, 0.05) is 12.6 Å². The summed E-state index contributed by atoms with van der Waals surface area (Å²) in [4.78, 5) is 39.2. The van der Waals surface area contributed by atoms with E-state index in [2.05, 4.69) is 5.32 Å². The second kappa shape index (κ2) is 11.4. The molecule has 2 rings (SSSR count). The summed E-state index contributed by atoms with van der Waals surface area (Å²) in [7, 11) is -3.18. The van der Waals surface area contributed by atoms with Gasteiger partial charge in [-0.15, -0.1) is 0 Å². The van der Waals surface area contributed by atoms with Gasteiger partial charge in [0.25, 0.3) is 11.8 Å². The minimum atomic E-state index is -3.18. The zero-order valence-corrected chi connectivity index (χ0v) is 19.5. The number of carbonyl (C=O) groups excluding carboxylic acids is 3. The summed E-state index contributed by atoms with van der Waals surface area (Å²) in [6, 6.07) is 3.90. The van der Waals surface area contributed by atoms with Crippen LogP contribution in [-0.2, 0) is 24.2 Å². The molecule has 10 heteroatoms. The number of benzene rings is 1. The van der Waals surface area contributed by atoms with Crippen molar-refractivity contribution < 1.29 is 31.9 Å². The molecule has 1 aliphatic heterocycles. The predicted octanol–water partition coefficient (Wildman–Crippen LogP) is 1.94. The van der Waals surface area contributed by atoms with Crippen LogP contribution < -0.4 is 5.32 Å². The van der Waals surface area contributed by atoms with E-state index in [-0.39, 0.29) is 23.0 Å². The van der Waals surface area contributed by atoms with Crippen LogP contribution in [0.5, 0.6) is 0 Å². The first-order chi connectivity index (χ1) is 15.1. The topological polar surface area (TPSA) is 110 Å². The Morgan fingerprint density at radius 1 is 1.25 bits per heavy atom. The smallest absolute Gasteiger partial charge is 0.329 e. The second-order valence-electron chi connectivity index (χ2n) is 8.28. The molecular formula is C22H31FN2O6S. The van der Waals surface area contributed by atoms with E-state index < -0.39 is 52.1 Å². The van der Waals surface area contributed by atoms with E-state index in [9.17, 15) is 27.2 Å². The highest BCUT2D eigenvalue weighted by Gasteiger charge is 2.35. The minimum absolute atomic E-state index is 0.0326. The number of rotatable bonds is 10. The summed E-state index contributed by atoms with van der Waals surface area (Å²) < 4.78 is 42.7. The van der Waals surface area contributed by atoms with Crippen LogP contribution in [-0.4, -0.2) is 67.8 Å². The van der Waals surface area contributed by atoms with Gasteiger partial charge >= 0.3 is 5.97 Å². The molecule has 0 aliphatic carbocycles. The molecule has 2 atom stereocenters. The third-order valence-corrected chi connectivity index (χ3v) is 7.14. The van der Waals surface area contributed by atoms with E-state index in [0.717, 1.165) is 12.5 Å². The Hall–Kier alpha value is -2.49. The monoisotopic (exact) mass is 470 g/mol. The molecule has 8 nitrogen and oxygen atoms in total. The maximum absolute atomic E-state index is 13.9. The summed E-state index contributed by atoms with van der Waals surface area (Å²) in [6.07, 6.45) is 1.88. The minimum Gasteiger partial charge on any atom is -0.454 e.